The van der Waals surface area contributed by atoms with Crippen LogP contribution in [0.3, 0.4) is 0 Å². The lowest BCUT2D eigenvalue weighted by Crippen LogP contribution is -2.55. The van der Waals surface area contributed by atoms with Gasteiger partial charge >= 0.3 is 6.09 Å². The van der Waals surface area contributed by atoms with Crippen molar-refractivity contribution in [3.05, 3.63) is 11.2 Å². The van der Waals surface area contributed by atoms with Gasteiger partial charge in [0.1, 0.15) is 16.6 Å². The van der Waals surface area contributed by atoms with Crippen LogP contribution in [0.1, 0.15) is 27.7 Å². The molecule has 7 nitrogen and oxygen atoms in total. The minimum atomic E-state index is -0.490. The van der Waals surface area contributed by atoms with Gasteiger partial charge in [-0.15, -0.1) is 0 Å². The van der Waals surface area contributed by atoms with Crippen molar-refractivity contribution in [3.63, 3.8) is 0 Å². The van der Waals surface area contributed by atoms with E-state index in [1.807, 2.05) is 27.7 Å². The van der Waals surface area contributed by atoms with Crippen molar-refractivity contribution >= 4 is 29.5 Å². The summed E-state index contributed by atoms with van der Waals surface area (Å²) in [6, 6.07) is 1.75. The highest BCUT2D eigenvalue weighted by Crippen LogP contribution is 2.22. The average Bonchev–Trinajstić information content (AvgIpc) is 2.44. The number of anilines is 2. The van der Waals surface area contributed by atoms with Crippen molar-refractivity contribution in [2.75, 3.05) is 36.9 Å². The molecule has 1 N–H and O–H groups in total. The standard InChI is InChI=1S/C15H24ClN5O2/c1-10-9-20(12-8-11(16)18-13(17-5)19-12)6-7-21(10)14(22)23-15(2,3)4/h8,10H,6-7,9H2,1-5H3,(H,17,18,19)/t10-/m0/s1. The van der Waals surface area contributed by atoms with Gasteiger partial charge in [-0.2, -0.15) is 4.98 Å². The number of hydrogen-bond donors (Lipinski definition) is 1. The first kappa shape index (κ1) is 17.6. The Balaban J connectivity index is 2.06. The van der Waals surface area contributed by atoms with Crippen LogP contribution in [0.4, 0.5) is 16.6 Å². The number of nitrogens with zero attached hydrogens (tertiary/aromatic N) is 4. The fraction of sp³-hybridized carbons (Fsp3) is 0.667. The van der Waals surface area contributed by atoms with Crippen LogP contribution in [0.15, 0.2) is 6.07 Å². The van der Waals surface area contributed by atoms with E-state index in [4.69, 9.17) is 16.3 Å². The van der Waals surface area contributed by atoms with Gasteiger partial charge in [-0.05, 0) is 27.7 Å². The van der Waals surface area contributed by atoms with E-state index in [0.29, 0.717) is 30.7 Å². The normalized spacial score (nSPS) is 18.8. The molecule has 0 radical (unpaired) electrons. The third-order valence-corrected chi connectivity index (χ3v) is 3.68. The summed E-state index contributed by atoms with van der Waals surface area (Å²) in [7, 11) is 1.75. The lowest BCUT2D eigenvalue weighted by atomic mass is 10.2. The molecule has 0 aliphatic carbocycles. The number of piperazine rings is 1. The Morgan fingerprint density at radius 1 is 1.39 bits per heavy atom. The molecule has 1 aliphatic rings. The molecule has 0 saturated carbocycles. The van der Waals surface area contributed by atoms with Gasteiger partial charge in [0.25, 0.3) is 0 Å². The first-order valence-electron chi connectivity index (χ1n) is 7.66. The van der Waals surface area contributed by atoms with Gasteiger partial charge in [-0.25, -0.2) is 9.78 Å². The van der Waals surface area contributed by atoms with Crippen LogP contribution in [-0.4, -0.2) is 59.3 Å². The molecule has 0 spiro atoms. The van der Waals surface area contributed by atoms with Crippen LogP contribution in [0.2, 0.25) is 5.15 Å². The molecule has 1 aliphatic heterocycles. The number of carbonyl (C=O) groups is 1. The Morgan fingerprint density at radius 3 is 2.65 bits per heavy atom. The molecular formula is C15H24ClN5O2. The van der Waals surface area contributed by atoms with Crippen LogP contribution in [0, 0.1) is 0 Å². The number of ether oxygens (including phenoxy) is 1. The minimum Gasteiger partial charge on any atom is -0.444 e. The number of amides is 1. The molecule has 1 aromatic rings. The van der Waals surface area contributed by atoms with Gasteiger partial charge in [0.2, 0.25) is 5.95 Å². The maximum absolute atomic E-state index is 12.3. The molecule has 2 heterocycles. The fourth-order valence-electron chi connectivity index (χ4n) is 2.44. The molecule has 0 unspecified atom stereocenters. The van der Waals surface area contributed by atoms with Gasteiger partial charge in [-0.1, -0.05) is 11.6 Å². The maximum atomic E-state index is 12.3. The molecule has 1 amide bonds. The van der Waals surface area contributed by atoms with Crippen LogP contribution >= 0.6 is 11.6 Å². The third-order valence-electron chi connectivity index (χ3n) is 3.48. The highest BCUT2D eigenvalue weighted by molar-refractivity contribution is 6.29. The van der Waals surface area contributed by atoms with Crippen molar-refractivity contribution < 1.29 is 9.53 Å². The number of aromatic nitrogens is 2. The van der Waals surface area contributed by atoms with E-state index >= 15 is 0 Å². The van der Waals surface area contributed by atoms with Gasteiger partial charge in [0.05, 0.1) is 0 Å². The molecule has 0 bridgehead atoms. The molecule has 8 heteroatoms. The zero-order valence-electron chi connectivity index (χ0n) is 14.3. The average molecular weight is 342 g/mol. The van der Waals surface area contributed by atoms with Gasteiger partial charge < -0.3 is 19.9 Å². The second-order valence-electron chi connectivity index (χ2n) is 6.59. The summed E-state index contributed by atoms with van der Waals surface area (Å²) in [6.07, 6.45) is -0.277. The Hall–Kier alpha value is -1.76. The Labute approximate surface area is 142 Å². The minimum absolute atomic E-state index is 0.0189. The molecule has 1 atom stereocenters. The molecule has 2 rings (SSSR count). The van der Waals surface area contributed by atoms with Crippen molar-refractivity contribution in [2.45, 2.75) is 39.3 Å². The number of halogens is 1. The zero-order chi connectivity index (χ0) is 17.2. The van der Waals surface area contributed by atoms with Crippen molar-refractivity contribution in [3.8, 4) is 0 Å². The summed E-state index contributed by atoms with van der Waals surface area (Å²) in [5.41, 5.74) is -0.490. The monoisotopic (exact) mass is 341 g/mol. The largest absolute Gasteiger partial charge is 0.444 e. The van der Waals surface area contributed by atoms with E-state index in [0.717, 1.165) is 5.82 Å². The summed E-state index contributed by atoms with van der Waals surface area (Å²) >= 11 is 6.03. The molecule has 0 aromatic carbocycles. The second-order valence-corrected chi connectivity index (χ2v) is 6.98. The predicted molar refractivity (Wildman–Crippen MR) is 91.2 cm³/mol. The van der Waals surface area contributed by atoms with Crippen LogP contribution in [0.25, 0.3) is 0 Å². The van der Waals surface area contributed by atoms with Crippen molar-refractivity contribution in [1.82, 2.24) is 14.9 Å². The van der Waals surface area contributed by atoms with Gasteiger partial charge in [0, 0.05) is 38.8 Å². The van der Waals surface area contributed by atoms with E-state index in [1.54, 1.807) is 18.0 Å². The van der Waals surface area contributed by atoms with Crippen molar-refractivity contribution in [2.24, 2.45) is 0 Å². The van der Waals surface area contributed by atoms with E-state index < -0.39 is 5.60 Å². The lowest BCUT2D eigenvalue weighted by molar-refractivity contribution is 0.0158. The van der Waals surface area contributed by atoms with Crippen LogP contribution in [0.5, 0.6) is 0 Å². The summed E-state index contributed by atoms with van der Waals surface area (Å²) in [6.45, 7) is 9.51. The van der Waals surface area contributed by atoms with Crippen LogP contribution in [-0.2, 0) is 4.74 Å². The molecule has 1 fully saturated rings. The summed E-state index contributed by atoms with van der Waals surface area (Å²) < 4.78 is 5.46. The zero-order valence-corrected chi connectivity index (χ0v) is 15.0. The summed E-state index contributed by atoms with van der Waals surface area (Å²) in [5, 5.41) is 3.28. The summed E-state index contributed by atoms with van der Waals surface area (Å²) in [5.74, 6) is 1.24. The van der Waals surface area contributed by atoms with Gasteiger partial charge in [-0.3, -0.25) is 0 Å². The predicted octanol–water partition coefficient (Wildman–Crippen LogP) is 2.62. The molecule has 1 aromatic heterocycles. The molecule has 23 heavy (non-hydrogen) atoms. The SMILES string of the molecule is CNc1nc(Cl)cc(N2CCN(C(=O)OC(C)(C)C)[C@@H](C)C2)n1. The third kappa shape index (κ3) is 4.60. The quantitative estimate of drug-likeness (QED) is 0.834. The first-order chi connectivity index (χ1) is 10.7. The second kappa shape index (κ2) is 6.78. The molecule has 1 saturated heterocycles. The summed E-state index contributed by atoms with van der Waals surface area (Å²) in [4.78, 5) is 24.6. The topological polar surface area (TPSA) is 70.6 Å². The van der Waals surface area contributed by atoms with E-state index in [9.17, 15) is 4.79 Å². The van der Waals surface area contributed by atoms with Crippen LogP contribution < -0.4 is 10.2 Å². The number of rotatable bonds is 2. The van der Waals surface area contributed by atoms with E-state index in [1.165, 1.54) is 0 Å². The number of nitrogens with one attached hydrogen (secondary N) is 1. The maximum Gasteiger partial charge on any atom is 0.410 e. The molecular weight excluding hydrogens is 318 g/mol. The van der Waals surface area contributed by atoms with E-state index in [2.05, 4.69) is 20.2 Å². The Bertz CT molecular complexity index is 575. The number of carbonyl (C=O) groups excluding carboxylic acids is 1. The van der Waals surface area contributed by atoms with Crippen molar-refractivity contribution in [1.29, 1.82) is 0 Å². The Morgan fingerprint density at radius 2 is 2.09 bits per heavy atom. The number of hydrogen-bond acceptors (Lipinski definition) is 6. The fourth-order valence-corrected chi connectivity index (χ4v) is 2.61. The smallest absolute Gasteiger partial charge is 0.410 e. The lowest BCUT2D eigenvalue weighted by Gasteiger charge is -2.40. The Kier molecular flexibility index (Phi) is 5.19. The first-order valence-corrected chi connectivity index (χ1v) is 8.04. The van der Waals surface area contributed by atoms with E-state index in [-0.39, 0.29) is 12.1 Å². The van der Waals surface area contributed by atoms with Gasteiger partial charge in [0.15, 0.2) is 0 Å². The highest BCUT2D eigenvalue weighted by Gasteiger charge is 2.31. The highest BCUT2D eigenvalue weighted by atomic mass is 35.5. The molecule has 128 valence electrons.